The third-order valence-electron chi connectivity index (χ3n) is 4.91. The van der Waals surface area contributed by atoms with Crippen molar-refractivity contribution in [3.8, 4) is 11.3 Å². The fourth-order valence-electron chi connectivity index (χ4n) is 3.41. The molecule has 2 atom stereocenters. The molecular weight excluding hydrogens is 316 g/mol. The van der Waals surface area contributed by atoms with Crippen molar-refractivity contribution in [2.24, 2.45) is 5.92 Å². The Kier molecular flexibility index (Phi) is 4.05. The van der Waals surface area contributed by atoms with Crippen molar-refractivity contribution in [3.05, 3.63) is 54.7 Å². The van der Waals surface area contributed by atoms with Gasteiger partial charge >= 0.3 is 0 Å². The summed E-state index contributed by atoms with van der Waals surface area (Å²) in [5.74, 6) is 0.411. The zero-order valence-electron chi connectivity index (χ0n) is 14.0. The number of hydrogen-bond acceptors (Lipinski definition) is 4. The molecular formula is C18H20N6O. The highest BCUT2D eigenvalue weighted by Gasteiger charge is 2.32. The van der Waals surface area contributed by atoms with E-state index in [1.54, 1.807) is 6.20 Å². The van der Waals surface area contributed by atoms with Crippen molar-refractivity contribution in [2.45, 2.75) is 19.4 Å². The van der Waals surface area contributed by atoms with Crippen LogP contribution in [0.1, 0.15) is 29.9 Å². The minimum Gasteiger partial charge on any atom is -0.335 e. The van der Waals surface area contributed by atoms with Crippen LogP contribution in [0.25, 0.3) is 11.3 Å². The predicted molar refractivity (Wildman–Crippen MR) is 92.8 cm³/mol. The van der Waals surface area contributed by atoms with Gasteiger partial charge in [0.1, 0.15) is 5.69 Å². The average molecular weight is 336 g/mol. The molecule has 25 heavy (non-hydrogen) atoms. The lowest BCUT2D eigenvalue weighted by atomic mass is 9.93. The van der Waals surface area contributed by atoms with E-state index in [-0.39, 0.29) is 11.9 Å². The Hall–Kier alpha value is -2.96. The van der Waals surface area contributed by atoms with Gasteiger partial charge in [0.2, 0.25) is 0 Å². The van der Waals surface area contributed by atoms with E-state index in [0.717, 1.165) is 18.5 Å². The van der Waals surface area contributed by atoms with E-state index in [0.29, 0.717) is 23.9 Å². The van der Waals surface area contributed by atoms with E-state index in [4.69, 9.17) is 0 Å². The first-order valence-electron chi connectivity index (χ1n) is 8.47. The summed E-state index contributed by atoms with van der Waals surface area (Å²) in [6.07, 6.45) is 6.51. The van der Waals surface area contributed by atoms with E-state index in [9.17, 15) is 4.79 Å². The molecule has 2 aromatic heterocycles. The number of nitrogens with zero attached hydrogens (tertiary/aromatic N) is 5. The van der Waals surface area contributed by atoms with Gasteiger partial charge in [0.05, 0.1) is 12.4 Å². The Morgan fingerprint density at radius 3 is 2.84 bits per heavy atom. The maximum absolute atomic E-state index is 13.1. The number of aromatic nitrogens is 5. The number of amides is 1. The number of carbonyl (C=O) groups is 1. The minimum absolute atomic E-state index is 0.0791. The number of piperidine rings is 1. The standard InChI is InChI=1S/C18H20N6O/c1-13-7-9-23(11-15(13)24-10-8-19-12-24)18(25)17-16(20-22-21-17)14-5-3-2-4-6-14/h2-6,8,10,12-13,15H,7,9,11H2,1H3,(H,20,21,22)/t13-,15-/m0/s1. The molecule has 1 aliphatic heterocycles. The quantitative estimate of drug-likeness (QED) is 0.796. The molecule has 0 saturated carbocycles. The third kappa shape index (κ3) is 2.93. The molecule has 1 fully saturated rings. The van der Waals surface area contributed by atoms with Crippen molar-refractivity contribution in [1.82, 2.24) is 29.9 Å². The van der Waals surface area contributed by atoms with Crippen LogP contribution in [0.3, 0.4) is 0 Å². The van der Waals surface area contributed by atoms with Crippen LogP contribution in [0.2, 0.25) is 0 Å². The van der Waals surface area contributed by atoms with Crippen LogP contribution in [0.5, 0.6) is 0 Å². The van der Waals surface area contributed by atoms with Gasteiger partial charge in [-0.2, -0.15) is 15.4 Å². The highest BCUT2D eigenvalue weighted by molar-refractivity contribution is 5.97. The number of benzene rings is 1. The molecule has 1 amide bonds. The molecule has 3 heterocycles. The van der Waals surface area contributed by atoms with Crippen LogP contribution < -0.4 is 0 Å². The van der Waals surface area contributed by atoms with Crippen molar-refractivity contribution < 1.29 is 4.79 Å². The number of likely N-dealkylation sites (tertiary alicyclic amines) is 1. The summed E-state index contributed by atoms with van der Waals surface area (Å²) in [5, 5.41) is 10.9. The number of aromatic amines is 1. The monoisotopic (exact) mass is 336 g/mol. The lowest BCUT2D eigenvalue weighted by Gasteiger charge is -2.37. The summed E-state index contributed by atoms with van der Waals surface area (Å²) in [4.78, 5) is 19.1. The van der Waals surface area contributed by atoms with Crippen LogP contribution in [0.4, 0.5) is 0 Å². The Morgan fingerprint density at radius 1 is 1.24 bits per heavy atom. The van der Waals surface area contributed by atoms with Crippen LogP contribution >= 0.6 is 0 Å². The number of carbonyl (C=O) groups excluding carboxylic acids is 1. The zero-order chi connectivity index (χ0) is 17.2. The maximum Gasteiger partial charge on any atom is 0.276 e. The molecule has 3 aromatic rings. The van der Waals surface area contributed by atoms with Crippen LogP contribution in [0, 0.1) is 5.92 Å². The van der Waals surface area contributed by atoms with Crippen molar-refractivity contribution in [3.63, 3.8) is 0 Å². The van der Waals surface area contributed by atoms with Gasteiger partial charge in [-0.25, -0.2) is 4.98 Å². The second-order valence-corrected chi connectivity index (χ2v) is 6.48. The van der Waals surface area contributed by atoms with Crippen molar-refractivity contribution >= 4 is 5.91 Å². The van der Waals surface area contributed by atoms with Crippen molar-refractivity contribution in [1.29, 1.82) is 0 Å². The first kappa shape index (κ1) is 15.6. The summed E-state index contributed by atoms with van der Waals surface area (Å²) >= 11 is 0. The molecule has 7 heteroatoms. The molecule has 1 saturated heterocycles. The largest absolute Gasteiger partial charge is 0.335 e. The summed E-state index contributed by atoms with van der Waals surface area (Å²) < 4.78 is 2.09. The van der Waals surface area contributed by atoms with E-state index in [1.165, 1.54) is 0 Å². The number of nitrogens with one attached hydrogen (secondary N) is 1. The zero-order valence-corrected chi connectivity index (χ0v) is 14.0. The van der Waals surface area contributed by atoms with Crippen LogP contribution in [-0.4, -0.2) is 48.9 Å². The topological polar surface area (TPSA) is 79.7 Å². The number of rotatable bonds is 3. The Morgan fingerprint density at radius 2 is 2.08 bits per heavy atom. The summed E-state index contributed by atoms with van der Waals surface area (Å²) in [7, 11) is 0. The Bertz CT molecular complexity index is 842. The molecule has 4 rings (SSSR count). The van der Waals surface area contributed by atoms with Gasteiger partial charge in [-0.05, 0) is 12.3 Å². The predicted octanol–water partition coefficient (Wildman–Crippen LogP) is 2.39. The van der Waals surface area contributed by atoms with Gasteiger partial charge in [0.15, 0.2) is 5.69 Å². The molecule has 0 unspecified atom stereocenters. The van der Waals surface area contributed by atoms with Gasteiger partial charge in [-0.15, -0.1) is 0 Å². The first-order chi connectivity index (χ1) is 12.2. The minimum atomic E-state index is -0.0791. The normalized spacial score (nSPS) is 20.6. The summed E-state index contributed by atoms with van der Waals surface area (Å²) in [6.45, 7) is 3.60. The lowest BCUT2D eigenvalue weighted by molar-refractivity contribution is 0.0616. The summed E-state index contributed by atoms with van der Waals surface area (Å²) in [6, 6.07) is 9.88. The maximum atomic E-state index is 13.1. The van der Waals surface area contributed by atoms with E-state index >= 15 is 0 Å². The second kappa shape index (κ2) is 6.51. The van der Waals surface area contributed by atoms with E-state index in [2.05, 4.69) is 31.9 Å². The molecule has 7 nitrogen and oxygen atoms in total. The van der Waals surface area contributed by atoms with E-state index < -0.39 is 0 Å². The van der Waals surface area contributed by atoms with Gasteiger partial charge in [0, 0.05) is 31.0 Å². The van der Waals surface area contributed by atoms with Gasteiger partial charge < -0.3 is 9.47 Å². The molecule has 1 aromatic carbocycles. The lowest BCUT2D eigenvalue weighted by Crippen LogP contribution is -2.44. The molecule has 1 aliphatic rings. The molecule has 1 N–H and O–H groups in total. The van der Waals surface area contributed by atoms with Gasteiger partial charge in [-0.3, -0.25) is 4.79 Å². The van der Waals surface area contributed by atoms with Crippen LogP contribution in [0.15, 0.2) is 49.1 Å². The summed E-state index contributed by atoms with van der Waals surface area (Å²) in [5.41, 5.74) is 1.87. The number of imidazole rings is 1. The molecule has 0 radical (unpaired) electrons. The molecule has 0 spiro atoms. The van der Waals surface area contributed by atoms with Gasteiger partial charge in [-0.1, -0.05) is 37.3 Å². The fraction of sp³-hybridized carbons (Fsp3) is 0.333. The average Bonchev–Trinajstić information content (AvgIpc) is 3.34. The first-order valence-corrected chi connectivity index (χ1v) is 8.47. The van der Waals surface area contributed by atoms with Gasteiger partial charge in [0.25, 0.3) is 5.91 Å². The highest BCUT2D eigenvalue weighted by atomic mass is 16.2. The molecule has 0 bridgehead atoms. The number of hydrogen-bond donors (Lipinski definition) is 1. The van der Waals surface area contributed by atoms with Crippen LogP contribution in [-0.2, 0) is 0 Å². The SMILES string of the molecule is C[C@H]1CCN(C(=O)c2n[nH]nc2-c2ccccc2)C[C@@H]1n1ccnc1. The Balaban J connectivity index is 1.59. The smallest absolute Gasteiger partial charge is 0.276 e. The number of H-pyrrole nitrogens is 1. The molecule has 0 aliphatic carbocycles. The van der Waals surface area contributed by atoms with Crippen molar-refractivity contribution in [2.75, 3.05) is 13.1 Å². The third-order valence-corrected chi connectivity index (χ3v) is 4.91. The highest BCUT2D eigenvalue weighted by Crippen LogP contribution is 2.29. The fourth-order valence-corrected chi connectivity index (χ4v) is 3.41. The van der Waals surface area contributed by atoms with E-state index in [1.807, 2.05) is 47.8 Å². The molecule has 128 valence electrons. The Labute approximate surface area is 145 Å². The second-order valence-electron chi connectivity index (χ2n) is 6.48.